The molecule has 0 aliphatic carbocycles. The average Bonchev–Trinajstić information content (AvgIpc) is 2.41. The van der Waals surface area contributed by atoms with Gasteiger partial charge < -0.3 is 5.11 Å². The van der Waals surface area contributed by atoms with Gasteiger partial charge in [-0.1, -0.05) is 53.4 Å². The summed E-state index contributed by atoms with van der Waals surface area (Å²) in [5.41, 5.74) is -6.02. The number of rotatable bonds is 0. The fourth-order valence-electron chi connectivity index (χ4n) is 1.07. The molecule has 0 bridgehead atoms. The van der Waals surface area contributed by atoms with Gasteiger partial charge in [-0.3, -0.25) is 0 Å². The van der Waals surface area contributed by atoms with E-state index < -0.39 is 66.4 Å². The predicted octanol–water partition coefficient (Wildman–Crippen LogP) is 3.99. The molecule has 0 heterocycles. The first-order valence-corrected chi connectivity index (χ1v) is 4.47. The molecule has 1 aromatic carbocycles. The SMILES string of the molecule is [2H]c1c([2H])c(C(C)(C)C([2H])([2H])[2H])c([2H])c(C(C)(C([2H])([2H])[2H])C([2H])([2H])[2H])c1O. The second kappa shape index (κ2) is 3.55. The number of phenols is 1. The summed E-state index contributed by atoms with van der Waals surface area (Å²) in [5.74, 6) is -1.12. The van der Waals surface area contributed by atoms with E-state index in [-0.39, 0.29) is 0 Å². The quantitative estimate of drug-likeness (QED) is 0.698. The molecule has 0 fully saturated rings. The highest BCUT2D eigenvalue weighted by Gasteiger charge is 2.21. The molecule has 1 aromatic rings. The molecule has 84 valence electrons. The number of hydrogen-bond donors (Lipinski definition) is 1. The highest BCUT2D eigenvalue weighted by atomic mass is 16.3. The molecule has 0 aliphatic heterocycles. The van der Waals surface area contributed by atoms with E-state index in [1.54, 1.807) is 0 Å². The minimum Gasteiger partial charge on any atom is -0.508 e. The zero-order valence-corrected chi connectivity index (χ0v) is 8.95. The molecule has 0 aromatic heterocycles. The van der Waals surface area contributed by atoms with Gasteiger partial charge in [-0.2, -0.15) is 0 Å². The van der Waals surface area contributed by atoms with Crippen LogP contribution in [0.2, 0.25) is 0 Å². The van der Waals surface area contributed by atoms with Gasteiger partial charge in [0.1, 0.15) is 5.75 Å². The Morgan fingerprint density at radius 3 is 2.27 bits per heavy atom. The first-order chi connectivity index (χ1) is 11.6. The Morgan fingerprint density at radius 2 is 1.73 bits per heavy atom. The Kier molecular flexibility index (Phi) is 0.831. The molecule has 1 nitrogen and oxygen atoms in total. The van der Waals surface area contributed by atoms with Gasteiger partial charge in [0.15, 0.2) is 0 Å². The van der Waals surface area contributed by atoms with Crippen LogP contribution in [0.3, 0.4) is 0 Å². The van der Waals surface area contributed by atoms with Crippen molar-refractivity contribution in [1.29, 1.82) is 0 Å². The number of phenolic OH excluding ortho intramolecular Hbond substituents is 1. The van der Waals surface area contributed by atoms with E-state index in [1.807, 2.05) is 0 Å². The van der Waals surface area contributed by atoms with Gasteiger partial charge >= 0.3 is 0 Å². The molecule has 0 radical (unpaired) electrons. The third-order valence-corrected chi connectivity index (χ3v) is 1.92. The largest absolute Gasteiger partial charge is 0.508 e. The lowest BCUT2D eigenvalue weighted by Crippen LogP contribution is -2.16. The van der Waals surface area contributed by atoms with Crippen LogP contribution in [-0.2, 0) is 10.8 Å². The van der Waals surface area contributed by atoms with Crippen LogP contribution in [0.25, 0.3) is 0 Å². The molecule has 0 unspecified atom stereocenters. The van der Waals surface area contributed by atoms with Crippen LogP contribution in [0.4, 0.5) is 0 Å². The molecule has 0 amide bonds. The Hall–Kier alpha value is -0.980. The Bertz CT molecular complexity index is 725. The van der Waals surface area contributed by atoms with Crippen molar-refractivity contribution in [1.82, 2.24) is 0 Å². The fourth-order valence-corrected chi connectivity index (χ4v) is 1.07. The number of benzene rings is 1. The van der Waals surface area contributed by atoms with E-state index in [4.69, 9.17) is 16.4 Å². The summed E-state index contributed by atoms with van der Waals surface area (Å²) in [6.07, 6.45) is 0. The van der Waals surface area contributed by atoms with E-state index >= 15 is 0 Å². The minimum absolute atomic E-state index is 0.514. The van der Waals surface area contributed by atoms with Gasteiger partial charge in [-0.05, 0) is 28.0 Å². The van der Waals surface area contributed by atoms with E-state index in [2.05, 4.69) is 0 Å². The molecule has 1 rings (SSSR count). The van der Waals surface area contributed by atoms with E-state index in [0.29, 0.717) is 0 Å². The predicted molar refractivity (Wildman–Crippen MR) is 65.5 cm³/mol. The van der Waals surface area contributed by atoms with Crippen LogP contribution in [0.1, 0.15) is 68.9 Å². The van der Waals surface area contributed by atoms with Crippen molar-refractivity contribution in [3.63, 3.8) is 0 Å². The Labute approximate surface area is 110 Å². The molecule has 15 heavy (non-hydrogen) atoms. The van der Waals surface area contributed by atoms with Crippen LogP contribution < -0.4 is 0 Å². The van der Waals surface area contributed by atoms with Crippen molar-refractivity contribution >= 4 is 0 Å². The van der Waals surface area contributed by atoms with E-state index in [1.165, 1.54) is 13.8 Å². The molecule has 1 heteroatoms. The standard InChI is InChI=1S/C14H22O/c1-13(2,3)10-7-8-12(15)11(9-10)14(4,5)6/h7-9,15H,1-6H3/i1D3,4D3,5D3,7D,8D,9D. The van der Waals surface area contributed by atoms with Crippen molar-refractivity contribution in [2.75, 3.05) is 0 Å². The second-order valence-electron chi connectivity index (χ2n) is 4.22. The molecule has 0 saturated carbocycles. The van der Waals surface area contributed by atoms with Crippen molar-refractivity contribution in [2.45, 2.75) is 52.2 Å². The maximum absolute atomic E-state index is 10.3. The smallest absolute Gasteiger partial charge is 0.119 e. The zero-order valence-electron chi connectivity index (χ0n) is 20.9. The maximum Gasteiger partial charge on any atom is 0.119 e. The monoisotopic (exact) mass is 218 g/mol. The fraction of sp³-hybridized carbons (Fsp3) is 0.571. The summed E-state index contributed by atoms with van der Waals surface area (Å²) in [4.78, 5) is 0. The maximum atomic E-state index is 10.3. The molecular weight excluding hydrogens is 184 g/mol. The van der Waals surface area contributed by atoms with Crippen LogP contribution in [0, 0.1) is 0 Å². The molecule has 0 atom stereocenters. The van der Waals surface area contributed by atoms with Crippen molar-refractivity contribution in [3.8, 4) is 5.75 Å². The minimum atomic E-state index is -3.22. The van der Waals surface area contributed by atoms with E-state index in [0.717, 1.165) is 6.92 Å². The second-order valence-corrected chi connectivity index (χ2v) is 4.22. The molecule has 0 aliphatic rings. The topological polar surface area (TPSA) is 20.2 Å². The molecule has 1 N–H and O–H groups in total. The van der Waals surface area contributed by atoms with Crippen molar-refractivity contribution in [2.24, 2.45) is 0 Å². The summed E-state index contributed by atoms with van der Waals surface area (Å²) in [5, 5.41) is 10.3. The molecule has 0 saturated heterocycles. The highest BCUT2D eigenvalue weighted by molar-refractivity contribution is 5.42. The normalized spacial score (nSPS) is 27.1. The van der Waals surface area contributed by atoms with Crippen molar-refractivity contribution < 1.29 is 21.6 Å². The lowest BCUT2D eigenvalue weighted by atomic mass is 9.80. The van der Waals surface area contributed by atoms with Gasteiger partial charge in [0.25, 0.3) is 0 Å². The summed E-state index contributed by atoms with van der Waals surface area (Å²) in [7, 11) is 0. The van der Waals surface area contributed by atoms with Crippen LogP contribution in [-0.4, -0.2) is 5.11 Å². The lowest BCUT2D eigenvalue weighted by molar-refractivity contribution is 0.444. The summed E-state index contributed by atoms with van der Waals surface area (Å²) in [6, 6.07) is -2.56. The highest BCUT2D eigenvalue weighted by Crippen LogP contribution is 2.34. The molecule has 0 spiro atoms. The lowest BCUT2D eigenvalue weighted by Gasteiger charge is -2.25. The van der Waals surface area contributed by atoms with Crippen LogP contribution in [0.15, 0.2) is 18.1 Å². The van der Waals surface area contributed by atoms with E-state index in [9.17, 15) is 5.11 Å². The summed E-state index contributed by atoms with van der Waals surface area (Å²) < 4.78 is 93.6. The average molecular weight is 218 g/mol. The first kappa shape index (κ1) is 3.51. The Morgan fingerprint density at radius 1 is 1.13 bits per heavy atom. The Balaban J connectivity index is 4.22. The molecular formula is C14H22O. The third-order valence-electron chi connectivity index (χ3n) is 1.92. The zero-order chi connectivity index (χ0) is 22.0. The third kappa shape index (κ3) is 2.74. The van der Waals surface area contributed by atoms with Gasteiger partial charge in [-0.15, -0.1) is 0 Å². The summed E-state index contributed by atoms with van der Waals surface area (Å²) >= 11 is 0. The van der Waals surface area contributed by atoms with Gasteiger partial charge in [0, 0.05) is 12.3 Å². The number of hydrogen-bond acceptors (Lipinski definition) is 1. The van der Waals surface area contributed by atoms with Gasteiger partial charge in [0.05, 0.1) is 4.11 Å². The van der Waals surface area contributed by atoms with Gasteiger partial charge in [0.2, 0.25) is 0 Å². The van der Waals surface area contributed by atoms with Gasteiger partial charge in [-0.25, -0.2) is 0 Å². The number of aromatic hydroxyl groups is 1. The van der Waals surface area contributed by atoms with Crippen molar-refractivity contribution in [3.05, 3.63) is 29.3 Å². The first-order valence-electron chi connectivity index (χ1n) is 10.5. The summed E-state index contributed by atoms with van der Waals surface area (Å²) in [6.45, 7) is -5.99. The van der Waals surface area contributed by atoms with Crippen LogP contribution >= 0.6 is 0 Å². The van der Waals surface area contributed by atoms with Crippen LogP contribution in [0.5, 0.6) is 5.75 Å².